The van der Waals surface area contributed by atoms with Gasteiger partial charge in [0.25, 0.3) is 0 Å². The van der Waals surface area contributed by atoms with Crippen molar-refractivity contribution in [2.75, 3.05) is 26.7 Å². The number of aldehydes is 1. The van der Waals surface area contributed by atoms with Crippen LogP contribution >= 0.6 is 0 Å². The molecule has 0 aromatic carbocycles. The molecule has 14 heavy (non-hydrogen) atoms. The summed E-state index contributed by atoms with van der Waals surface area (Å²) in [5.41, 5.74) is 1.94. The minimum absolute atomic E-state index is 0.0354. The number of rotatable bonds is 9. The van der Waals surface area contributed by atoms with Crippen LogP contribution in [0.3, 0.4) is 0 Å². The van der Waals surface area contributed by atoms with E-state index in [1.54, 1.807) is 6.92 Å². The molecule has 8 nitrogen and oxygen atoms in total. The second-order valence-corrected chi connectivity index (χ2v) is 1.94. The van der Waals surface area contributed by atoms with Crippen molar-refractivity contribution in [2.45, 2.75) is 6.92 Å². The third-order valence-electron chi connectivity index (χ3n) is 0.907. The second kappa shape index (κ2) is 9.84. The van der Waals surface area contributed by atoms with Crippen molar-refractivity contribution in [2.24, 2.45) is 5.11 Å². The van der Waals surface area contributed by atoms with E-state index in [0.29, 0.717) is 12.8 Å². The molecule has 1 N–H and O–H groups in total. The smallest absolute Gasteiger partial charge is 0.181 e. The van der Waals surface area contributed by atoms with Gasteiger partial charge < -0.3 is 19.5 Å². The van der Waals surface area contributed by atoms with Crippen LogP contribution in [0.1, 0.15) is 6.92 Å². The maximum atomic E-state index is 10.6. The van der Waals surface area contributed by atoms with Gasteiger partial charge >= 0.3 is 0 Å². The molecule has 0 bridgehead atoms. The van der Waals surface area contributed by atoms with Crippen LogP contribution in [0.25, 0.3) is 0 Å². The lowest BCUT2D eigenvalue weighted by atomic mass is 10.8. The van der Waals surface area contributed by atoms with Crippen molar-refractivity contribution in [3.05, 3.63) is 5.21 Å². The van der Waals surface area contributed by atoms with Crippen LogP contribution in [-0.2, 0) is 19.1 Å². The fourth-order valence-electron chi connectivity index (χ4n) is 0.470. The Bertz CT molecular complexity index is 175. The Morgan fingerprint density at radius 1 is 1.50 bits per heavy atom. The van der Waals surface area contributed by atoms with Gasteiger partial charge in [0.05, 0.1) is 4.97 Å². The van der Waals surface area contributed by atoms with Crippen LogP contribution < -0.4 is 5.59 Å². The first-order valence-electron chi connectivity index (χ1n) is 3.92. The van der Waals surface area contributed by atoms with E-state index in [1.165, 1.54) is 0 Å². The fourth-order valence-corrected chi connectivity index (χ4v) is 0.470. The van der Waals surface area contributed by atoms with E-state index < -0.39 is 0 Å². The van der Waals surface area contributed by atoms with Gasteiger partial charge in [-0.3, -0.25) is 0 Å². The van der Waals surface area contributed by atoms with Crippen LogP contribution in [0.2, 0.25) is 0 Å². The SMILES string of the molecule is CCN=[N+]([O-])NOCOCOCC=O. The Kier molecular flexibility index (Phi) is 8.96. The summed E-state index contributed by atoms with van der Waals surface area (Å²) in [7, 11) is 0. The summed E-state index contributed by atoms with van der Waals surface area (Å²) in [5, 5.41) is 13.9. The van der Waals surface area contributed by atoms with E-state index in [0.717, 1.165) is 0 Å². The average Bonchev–Trinajstić information content (AvgIpc) is 2.17. The Morgan fingerprint density at radius 3 is 2.93 bits per heavy atom. The molecule has 0 aliphatic carbocycles. The van der Waals surface area contributed by atoms with Crippen molar-refractivity contribution in [3.63, 3.8) is 0 Å². The van der Waals surface area contributed by atoms with Crippen molar-refractivity contribution in [1.82, 2.24) is 5.59 Å². The zero-order valence-electron chi connectivity index (χ0n) is 7.84. The predicted molar refractivity (Wildman–Crippen MR) is 43.7 cm³/mol. The standard InChI is InChI=1S/C6H13N3O5/c1-2-7-9(11)8-14-6-13-5-12-4-3-10/h3H,2,4-6H2,1H3,(H,7,8). The average molecular weight is 207 g/mol. The number of ether oxygens (including phenoxy) is 2. The quantitative estimate of drug-likeness (QED) is 0.137. The molecule has 0 aliphatic heterocycles. The molecular weight excluding hydrogens is 194 g/mol. The van der Waals surface area contributed by atoms with Gasteiger partial charge in [-0.05, 0) is 12.5 Å². The summed E-state index contributed by atoms with van der Waals surface area (Å²) in [4.78, 5) is 14.5. The van der Waals surface area contributed by atoms with Gasteiger partial charge in [-0.1, -0.05) is 0 Å². The Labute approximate surface area is 80.9 Å². The highest BCUT2D eigenvalue weighted by Crippen LogP contribution is 1.78. The molecule has 82 valence electrons. The van der Waals surface area contributed by atoms with Gasteiger partial charge in [0, 0.05) is 5.11 Å². The zero-order chi connectivity index (χ0) is 10.6. The van der Waals surface area contributed by atoms with Crippen LogP contribution in [0, 0.1) is 5.21 Å². The van der Waals surface area contributed by atoms with Crippen LogP contribution in [0.4, 0.5) is 0 Å². The monoisotopic (exact) mass is 207 g/mol. The molecule has 0 saturated heterocycles. The molecule has 0 radical (unpaired) electrons. The van der Waals surface area contributed by atoms with Gasteiger partial charge in [0.2, 0.25) is 0 Å². The summed E-state index contributed by atoms with van der Waals surface area (Å²) in [6.45, 7) is 1.76. The predicted octanol–water partition coefficient (Wildman–Crippen LogP) is -0.448. The lowest BCUT2D eigenvalue weighted by Crippen LogP contribution is -2.24. The van der Waals surface area contributed by atoms with Crippen molar-refractivity contribution < 1.29 is 24.1 Å². The molecule has 0 fully saturated rings. The lowest BCUT2D eigenvalue weighted by Gasteiger charge is -2.03. The van der Waals surface area contributed by atoms with Crippen LogP contribution in [-0.4, -0.2) is 38.0 Å². The number of carbonyl (C=O) groups is 1. The first kappa shape index (κ1) is 12.8. The van der Waals surface area contributed by atoms with Gasteiger partial charge in [-0.2, -0.15) is 4.84 Å². The van der Waals surface area contributed by atoms with E-state index >= 15 is 0 Å². The third-order valence-corrected chi connectivity index (χ3v) is 0.907. The van der Waals surface area contributed by atoms with Gasteiger partial charge in [0.1, 0.15) is 26.2 Å². The van der Waals surface area contributed by atoms with E-state index in [2.05, 4.69) is 14.7 Å². The Hall–Kier alpha value is -1.25. The first-order chi connectivity index (χ1) is 6.81. The molecule has 0 saturated carbocycles. The number of nitrogens with zero attached hydrogens (tertiary/aromatic N) is 2. The second-order valence-electron chi connectivity index (χ2n) is 1.94. The molecule has 0 atom stereocenters. The highest BCUT2D eigenvalue weighted by Gasteiger charge is 1.92. The number of hydrazine groups is 1. The van der Waals surface area contributed by atoms with E-state index in [4.69, 9.17) is 4.74 Å². The fraction of sp³-hybridized carbons (Fsp3) is 0.833. The van der Waals surface area contributed by atoms with Crippen molar-refractivity contribution in [1.29, 1.82) is 0 Å². The number of carbonyl (C=O) groups excluding carboxylic acids is 1. The highest BCUT2D eigenvalue weighted by atomic mass is 16.8. The van der Waals surface area contributed by atoms with Crippen LogP contribution in [0.15, 0.2) is 5.11 Å². The normalized spacial score (nSPS) is 11.4. The van der Waals surface area contributed by atoms with Crippen molar-refractivity contribution in [3.8, 4) is 0 Å². The van der Waals surface area contributed by atoms with E-state index in [-0.39, 0.29) is 25.2 Å². The molecule has 0 aromatic rings. The first-order valence-corrected chi connectivity index (χ1v) is 3.92. The Morgan fingerprint density at radius 2 is 2.29 bits per heavy atom. The summed E-state index contributed by atoms with van der Waals surface area (Å²) in [6, 6.07) is 0. The molecule has 0 heterocycles. The number of nitrogens with one attached hydrogen (secondary N) is 1. The minimum atomic E-state index is -0.184. The summed E-state index contributed by atoms with van der Waals surface area (Å²) in [5.74, 6) is 0. The molecule has 0 unspecified atom stereocenters. The minimum Gasteiger partial charge on any atom is -0.570 e. The Balaban J connectivity index is 3.13. The number of hydrogen-bond donors (Lipinski definition) is 1. The van der Waals surface area contributed by atoms with Crippen LogP contribution in [0.5, 0.6) is 0 Å². The lowest BCUT2D eigenvalue weighted by molar-refractivity contribution is -0.649. The van der Waals surface area contributed by atoms with Crippen molar-refractivity contribution >= 4 is 6.29 Å². The third kappa shape index (κ3) is 8.84. The van der Waals surface area contributed by atoms with E-state index in [9.17, 15) is 10.0 Å². The molecule has 0 rings (SSSR count). The number of hydrogen-bond acceptors (Lipinski definition) is 6. The van der Waals surface area contributed by atoms with Gasteiger partial charge in [-0.15, -0.1) is 0 Å². The largest absolute Gasteiger partial charge is 0.570 e. The highest BCUT2D eigenvalue weighted by molar-refractivity contribution is 5.50. The molecule has 0 aromatic heterocycles. The zero-order valence-corrected chi connectivity index (χ0v) is 7.84. The van der Waals surface area contributed by atoms with E-state index in [1.807, 2.05) is 5.59 Å². The maximum absolute atomic E-state index is 10.6. The topological polar surface area (TPSA) is 95.2 Å². The van der Waals surface area contributed by atoms with Gasteiger partial charge in [0.15, 0.2) is 6.79 Å². The molecule has 0 amide bonds. The molecular formula is C6H13N3O5. The molecule has 0 spiro atoms. The summed E-state index contributed by atoms with van der Waals surface area (Å²) < 4.78 is 9.32. The molecule has 0 aliphatic rings. The summed E-state index contributed by atoms with van der Waals surface area (Å²) >= 11 is 0. The summed E-state index contributed by atoms with van der Waals surface area (Å²) in [6.07, 6.45) is 0.599. The van der Waals surface area contributed by atoms with Gasteiger partial charge in [-0.25, -0.2) is 0 Å². The maximum Gasteiger partial charge on any atom is 0.181 e. The molecule has 8 heteroatoms.